The lowest BCUT2D eigenvalue weighted by Gasteiger charge is -2.10. The average molecular weight is 319 g/mol. The molecule has 0 radical (unpaired) electrons. The van der Waals surface area contributed by atoms with Crippen molar-refractivity contribution in [1.82, 2.24) is 15.0 Å². The van der Waals surface area contributed by atoms with Crippen molar-refractivity contribution in [3.05, 3.63) is 52.6 Å². The molecule has 6 nitrogen and oxygen atoms in total. The average Bonchev–Trinajstić information content (AvgIpc) is 3.10. The molecule has 0 unspecified atom stereocenters. The van der Waals surface area contributed by atoms with Gasteiger partial charge in [-0.15, -0.1) is 5.10 Å². The van der Waals surface area contributed by atoms with Crippen molar-refractivity contribution in [2.75, 3.05) is 5.32 Å². The van der Waals surface area contributed by atoms with E-state index in [0.29, 0.717) is 5.56 Å². The molecule has 0 aliphatic carbocycles. The number of amides is 1. The lowest BCUT2D eigenvalue weighted by molar-refractivity contribution is 0.102. The molecule has 0 atom stereocenters. The predicted molar refractivity (Wildman–Crippen MR) is 93.6 cm³/mol. The van der Waals surface area contributed by atoms with E-state index in [1.807, 2.05) is 51.2 Å². The molecule has 0 saturated carbocycles. The van der Waals surface area contributed by atoms with Gasteiger partial charge in [0.1, 0.15) is 5.52 Å². The van der Waals surface area contributed by atoms with Crippen LogP contribution in [0, 0.1) is 6.92 Å². The van der Waals surface area contributed by atoms with Crippen LogP contribution in [0.25, 0.3) is 11.0 Å². The summed E-state index contributed by atoms with van der Waals surface area (Å²) in [5, 5.41) is 11.1. The molecular weight excluding hydrogens is 302 g/mol. The van der Waals surface area contributed by atoms with Crippen molar-refractivity contribution in [2.45, 2.75) is 20.4 Å². The van der Waals surface area contributed by atoms with Gasteiger partial charge in [0.05, 0.1) is 12.1 Å². The van der Waals surface area contributed by atoms with Gasteiger partial charge in [0.15, 0.2) is 0 Å². The van der Waals surface area contributed by atoms with E-state index in [9.17, 15) is 4.79 Å². The Kier molecular flexibility index (Phi) is 3.19. The molecule has 3 aromatic rings. The summed E-state index contributed by atoms with van der Waals surface area (Å²) in [7, 11) is 1.81. The molecule has 1 aliphatic heterocycles. The SMILES string of the molecule is CC1=NCc2ccc(NC(=O)c3cc4c(cc3C)nnn4C)cc21. The second-order valence-electron chi connectivity index (χ2n) is 6.10. The molecule has 0 fully saturated rings. The molecule has 120 valence electrons. The van der Waals surface area contributed by atoms with Gasteiger partial charge in [-0.05, 0) is 49.2 Å². The van der Waals surface area contributed by atoms with Crippen LogP contribution in [0.1, 0.15) is 34.0 Å². The Balaban J connectivity index is 1.67. The van der Waals surface area contributed by atoms with E-state index in [4.69, 9.17) is 0 Å². The van der Waals surface area contributed by atoms with Gasteiger partial charge >= 0.3 is 0 Å². The molecule has 1 aromatic heterocycles. The van der Waals surface area contributed by atoms with Crippen LogP contribution in [0.5, 0.6) is 0 Å². The molecule has 4 rings (SSSR count). The number of anilines is 1. The summed E-state index contributed by atoms with van der Waals surface area (Å²) in [5.74, 6) is -0.136. The highest BCUT2D eigenvalue weighted by atomic mass is 16.1. The van der Waals surface area contributed by atoms with Crippen LogP contribution in [-0.2, 0) is 13.6 Å². The van der Waals surface area contributed by atoms with Gasteiger partial charge in [0.25, 0.3) is 5.91 Å². The first kappa shape index (κ1) is 14.6. The van der Waals surface area contributed by atoms with Crippen LogP contribution in [0.3, 0.4) is 0 Å². The van der Waals surface area contributed by atoms with E-state index >= 15 is 0 Å². The first-order valence-corrected chi connectivity index (χ1v) is 7.78. The number of hydrogen-bond donors (Lipinski definition) is 1. The van der Waals surface area contributed by atoms with E-state index < -0.39 is 0 Å². The number of rotatable bonds is 2. The maximum Gasteiger partial charge on any atom is 0.256 e. The summed E-state index contributed by atoms with van der Waals surface area (Å²) < 4.78 is 1.67. The monoisotopic (exact) mass is 319 g/mol. The Morgan fingerprint density at radius 2 is 2.04 bits per heavy atom. The number of fused-ring (bicyclic) bond motifs is 2. The van der Waals surface area contributed by atoms with Crippen LogP contribution in [0.2, 0.25) is 0 Å². The van der Waals surface area contributed by atoms with Gasteiger partial charge in [-0.3, -0.25) is 9.79 Å². The minimum atomic E-state index is -0.136. The van der Waals surface area contributed by atoms with Gasteiger partial charge in [0.2, 0.25) is 0 Å². The Bertz CT molecular complexity index is 1020. The summed E-state index contributed by atoms with van der Waals surface area (Å²) in [4.78, 5) is 17.1. The third-order valence-electron chi connectivity index (χ3n) is 4.45. The standard InChI is InChI=1S/C18H17N5O/c1-10-6-16-17(23(3)22-21-16)8-14(10)18(24)20-13-5-4-12-9-19-11(2)15(12)7-13/h4-8H,9H2,1-3H3,(H,20,24). The van der Waals surface area contributed by atoms with Crippen molar-refractivity contribution >= 4 is 28.3 Å². The van der Waals surface area contributed by atoms with E-state index in [1.165, 1.54) is 5.56 Å². The quantitative estimate of drug-likeness (QED) is 0.789. The number of carbonyl (C=O) groups excluding carboxylic acids is 1. The van der Waals surface area contributed by atoms with Crippen molar-refractivity contribution in [3.63, 3.8) is 0 Å². The van der Waals surface area contributed by atoms with Crippen LogP contribution in [0.4, 0.5) is 5.69 Å². The van der Waals surface area contributed by atoms with Crippen LogP contribution < -0.4 is 5.32 Å². The highest BCUT2D eigenvalue weighted by molar-refractivity contribution is 6.08. The molecule has 2 heterocycles. The molecule has 24 heavy (non-hydrogen) atoms. The molecule has 1 amide bonds. The Labute approximate surface area is 139 Å². The second kappa shape index (κ2) is 5.26. The number of nitrogens with zero attached hydrogens (tertiary/aromatic N) is 4. The minimum absolute atomic E-state index is 0.136. The highest BCUT2D eigenvalue weighted by Gasteiger charge is 2.16. The van der Waals surface area contributed by atoms with E-state index in [-0.39, 0.29) is 5.91 Å². The number of nitrogens with one attached hydrogen (secondary N) is 1. The Hall–Kier alpha value is -3.02. The zero-order valence-corrected chi connectivity index (χ0v) is 13.8. The third kappa shape index (κ3) is 2.27. The van der Waals surface area contributed by atoms with Crippen molar-refractivity contribution < 1.29 is 4.79 Å². The summed E-state index contributed by atoms with van der Waals surface area (Å²) >= 11 is 0. The molecule has 2 aromatic carbocycles. The number of aliphatic imine (C=N–C) groups is 1. The van der Waals surface area contributed by atoms with Crippen molar-refractivity contribution in [3.8, 4) is 0 Å². The smallest absolute Gasteiger partial charge is 0.256 e. The number of carbonyl (C=O) groups is 1. The number of hydrogen-bond acceptors (Lipinski definition) is 4. The predicted octanol–water partition coefficient (Wildman–Crippen LogP) is 2.85. The topological polar surface area (TPSA) is 72.2 Å². The van der Waals surface area contributed by atoms with E-state index in [1.54, 1.807) is 4.68 Å². The van der Waals surface area contributed by atoms with Crippen molar-refractivity contribution in [2.24, 2.45) is 12.0 Å². The molecule has 1 N–H and O–H groups in total. The van der Waals surface area contributed by atoms with Gasteiger partial charge in [0, 0.05) is 29.6 Å². The minimum Gasteiger partial charge on any atom is -0.322 e. The fourth-order valence-corrected chi connectivity index (χ4v) is 3.04. The number of aromatic nitrogens is 3. The van der Waals surface area contributed by atoms with Crippen LogP contribution in [0.15, 0.2) is 35.3 Å². The molecule has 1 aliphatic rings. The fourth-order valence-electron chi connectivity index (χ4n) is 3.04. The highest BCUT2D eigenvalue weighted by Crippen LogP contribution is 2.24. The zero-order valence-electron chi connectivity index (χ0n) is 13.8. The van der Waals surface area contributed by atoms with Crippen LogP contribution in [-0.4, -0.2) is 26.6 Å². The first-order valence-electron chi connectivity index (χ1n) is 7.78. The summed E-state index contributed by atoms with van der Waals surface area (Å²) in [6.45, 7) is 4.62. The molecule has 0 saturated heterocycles. The first-order chi connectivity index (χ1) is 11.5. The molecule has 0 spiro atoms. The third-order valence-corrected chi connectivity index (χ3v) is 4.45. The van der Waals surface area contributed by atoms with Crippen LogP contribution >= 0.6 is 0 Å². The summed E-state index contributed by atoms with van der Waals surface area (Å²) in [5.41, 5.74) is 7.22. The maximum absolute atomic E-state index is 12.7. The van der Waals surface area contributed by atoms with Gasteiger partial charge in [-0.25, -0.2) is 4.68 Å². The lowest BCUT2D eigenvalue weighted by Crippen LogP contribution is -2.14. The summed E-state index contributed by atoms with van der Waals surface area (Å²) in [6, 6.07) is 9.64. The second-order valence-corrected chi connectivity index (χ2v) is 6.10. The van der Waals surface area contributed by atoms with Gasteiger partial charge in [-0.1, -0.05) is 11.3 Å². The Morgan fingerprint density at radius 3 is 2.88 bits per heavy atom. The Morgan fingerprint density at radius 1 is 1.21 bits per heavy atom. The largest absolute Gasteiger partial charge is 0.322 e. The number of benzene rings is 2. The zero-order chi connectivity index (χ0) is 16.8. The summed E-state index contributed by atoms with van der Waals surface area (Å²) in [6.07, 6.45) is 0. The number of aryl methyl sites for hydroxylation is 2. The maximum atomic E-state index is 12.7. The lowest BCUT2D eigenvalue weighted by atomic mass is 10.0. The van der Waals surface area contributed by atoms with Gasteiger partial charge in [-0.2, -0.15) is 0 Å². The molecule has 0 bridgehead atoms. The van der Waals surface area contributed by atoms with E-state index in [0.717, 1.165) is 40.1 Å². The van der Waals surface area contributed by atoms with E-state index in [2.05, 4.69) is 20.6 Å². The van der Waals surface area contributed by atoms with Gasteiger partial charge < -0.3 is 5.32 Å². The molecule has 6 heteroatoms. The molecular formula is C18H17N5O. The van der Waals surface area contributed by atoms with Crippen molar-refractivity contribution in [1.29, 1.82) is 0 Å². The normalized spacial score (nSPS) is 13.0. The fraction of sp³-hybridized carbons (Fsp3) is 0.222.